The molecule has 140 valence electrons. The highest BCUT2D eigenvalue weighted by molar-refractivity contribution is 7.91. The number of carbonyl (C=O) groups is 1. The maximum absolute atomic E-state index is 12.5. The number of methoxy groups -OCH3 is 1. The zero-order valence-corrected chi connectivity index (χ0v) is 16.4. The van der Waals surface area contributed by atoms with Crippen molar-refractivity contribution >= 4 is 33.0 Å². The fourth-order valence-corrected chi connectivity index (χ4v) is 4.96. The summed E-state index contributed by atoms with van der Waals surface area (Å²) < 4.78 is 28.6. The molecule has 2 rings (SSSR count). The monoisotopic (exact) mass is 388 g/mol. The van der Waals surface area contributed by atoms with Gasteiger partial charge in [-0.1, -0.05) is 11.6 Å². The highest BCUT2D eigenvalue weighted by atomic mass is 35.5. The number of amides is 1. The Hall–Kier alpha value is -1.47. The number of rotatable bonds is 7. The van der Waals surface area contributed by atoms with Crippen molar-refractivity contribution in [2.75, 3.05) is 37.0 Å². The average Bonchev–Trinajstić information content (AvgIpc) is 2.91. The van der Waals surface area contributed by atoms with Gasteiger partial charge in [0, 0.05) is 36.6 Å². The van der Waals surface area contributed by atoms with Crippen molar-refractivity contribution in [3.63, 3.8) is 0 Å². The predicted molar refractivity (Wildman–Crippen MR) is 100 cm³/mol. The maximum atomic E-state index is 12.5. The standard InChI is InChI=1S/C17H25ClN2O4S/c1-4-20(13-6-8-25(22,23)11-13)17(21)5-7-19-15-9-12(2)14(18)10-16(15)24-3/h9-10,13,19H,4-8,11H2,1-3H3. The molecule has 1 saturated heterocycles. The van der Waals surface area contributed by atoms with Gasteiger partial charge in [-0.15, -0.1) is 0 Å². The van der Waals surface area contributed by atoms with Crippen LogP contribution in [0.3, 0.4) is 0 Å². The summed E-state index contributed by atoms with van der Waals surface area (Å²) in [5.74, 6) is 0.824. The molecule has 6 nitrogen and oxygen atoms in total. The second-order valence-corrected chi connectivity index (χ2v) is 8.85. The Kier molecular flexibility index (Phi) is 6.57. The van der Waals surface area contributed by atoms with Crippen LogP contribution in [0.1, 0.15) is 25.3 Å². The van der Waals surface area contributed by atoms with Gasteiger partial charge in [-0.05, 0) is 31.9 Å². The van der Waals surface area contributed by atoms with Crippen LogP contribution in [0.2, 0.25) is 5.02 Å². The van der Waals surface area contributed by atoms with Crippen LogP contribution in [-0.2, 0) is 14.6 Å². The molecule has 0 spiro atoms. The first-order chi connectivity index (χ1) is 11.8. The summed E-state index contributed by atoms with van der Waals surface area (Å²) in [6.07, 6.45) is 0.814. The third-order valence-electron chi connectivity index (χ3n) is 4.45. The normalized spacial score (nSPS) is 18.8. The Morgan fingerprint density at radius 2 is 2.16 bits per heavy atom. The molecule has 0 saturated carbocycles. The quantitative estimate of drug-likeness (QED) is 0.776. The first-order valence-electron chi connectivity index (χ1n) is 8.35. The first kappa shape index (κ1) is 19.8. The summed E-state index contributed by atoms with van der Waals surface area (Å²) in [6.45, 7) is 4.73. The number of halogens is 1. The van der Waals surface area contributed by atoms with E-state index in [1.165, 1.54) is 0 Å². The van der Waals surface area contributed by atoms with Crippen LogP contribution in [-0.4, -0.2) is 57.0 Å². The van der Waals surface area contributed by atoms with Crippen LogP contribution in [0, 0.1) is 6.92 Å². The number of nitrogens with one attached hydrogen (secondary N) is 1. The van der Waals surface area contributed by atoms with Gasteiger partial charge in [0.05, 0.1) is 24.3 Å². The SMILES string of the molecule is CCN(C(=O)CCNc1cc(C)c(Cl)cc1OC)C1CCS(=O)(=O)C1. The van der Waals surface area contributed by atoms with Crippen LogP contribution >= 0.6 is 11.6 Å². The summed E-state index contributed by atoms with van der Waals surface area (Å²) in [4.78, 5) is 14.2. The third kappa shape index (κ3) is 5.01. The van der Waals surface area contributed by atoms with Crippen LogP contribution in [0.25, 0.3) is 0 Å². The number of ether oxygens (including phenoxy) is 1. The molecular weight excluding hydrogens is 364 g/mol. The molecule has 1 aromatic rings. The smallest absolute Gasteiger partial charge is 0.224 e. The van der Waals surface area contributed by atoms with Crippen molar-refractivity contribution in [3.05, 3.63) is 22.7 Å². The Labute approximate surface area is 154 Å². The molecule has 8 heteroatoms. The van der Waals surface area contributed by atoms with E-state index in [1.54, 1.807) is 18.1 Å². The average molecular weight is 389 g/mol. The van der Waals surface area contributed by atoms with Gasteiger partial charge in [0.25, 0.3) is 0 Å². The Balaban J connectivity index is 1.94. The van der Waals surface area contributed by atoms with Gasteiger partial charge in [0.1, 0.15) is 5.75 Å². The van der Waals surface area contributed by atoms with Gasteiger partial charge in [-0.3, -0.25) is 4.79 Å². The van der Waals surface area contributed by atoms with Gasteiger partial charge in [-0.2, -0.15) is 0 Å². The number of nitrogens with zero attached hydrogens (tertiary/aromatic N) is 1. The van der Waals surface area contributed by atoms with Crippen LogP contribution in [0.4, 0.5) is 5.69 Å². The minimum atomic E-state index is -3.00. The lowest BCUT2D eigenvalue weighted by molar-refractivity contribution is -0.132. The van der Waals surface area contributed by atoms with E-state index in [4.69, 9.17) is 16.3 Å². The highest BCUT2D eigenvalue weighted by Gasteiger charge is 2.33. The number of hydrogen-bond acceptors (Lipinski definition) is 5. The molecule has 1 aliphatic heterocycles. The summed E-state index contributed by atoms with van der Waals surface area (Å²) >= 11 is 6.09. The topological polar surface area (TPSA) is 75.7 Å². The maximum Gasteiger partial charge on any atom is 0.224 e. The highest BCUT2D eigenvalue weighted by Crippen LogP contribution is 2.30. The molecule has 25 heavy (non-hydrogen) atoms. The fraction of sp³-hybridized carbons (Fsp3) is 0.588. The molecule has 0 aromatic heterocycles. The van der Waals surface area contributed by atoms with Crippen molar-refractivity contribution in [2.24, 2.45) is 0 Å². The summed E-state index contributed by atoms with van der Waals surface area (Å²) in [7, 11) is -1.44. The Morgan fingerprint density at radius 1 is 1.44 bits per heavy atom. The van der Waals surface area contributed by atoms with E-state index >= 15 is 0 Å². The molecule has 0 aliphatic carbocycles. The van der Waals surface area contributed by atoms with E-state index in [0.717, 1.165) is 11.3 Å². The first-order valence-corrected chi connectivity index (χ1v) is 10.5. The van der Waals surface area contributed by atoms with Crippen LogP contribution < -0.4 is 10.1 Å². The van der Waals surface area contributed by atoms with Crippen molar-refractivity contribution in [1.82, 2.24) is 4.90 Å². The predicted octanol–water partition coefficient (Wildman–Crippen LogP) is 2.49. The van der Waals surface area contributed by atoms with Gasteiger partial charge in [0.15, 0.2) is 9.84 Å². The molecule has 1 aromatic carbocycles. The largest absolute Gasteiger partial charge is 0.495 e. The van der Waals surface area contributed by atoms with Gasteiger partial charge < -0.3 is 15.0 Å². The summed E-state index contributed by atoms with van der Waals surface area (Å²) in [5.41, 5.74) is 1.70. The summed E-state index contributed by atoms with van der Waals surface area (Å²) in [6, 6.07) is 3.42. The zero-order chi connectivity index (χ0) is 18.6. The molecule has 1 atom stereocenters. The molecule has 1 amide bonds. The number of hydrogen-bond donors (Lipinski definition) is 1. The zero-order valence-electron chi connectivity index (χ0n) is 14.8. The van der Waals surface area contributed by atoms with E-state index < -0.39 is 9.84 Å². The molecule has 0 radical (unpaired) electrons. The second kappa shape index (κ2) is 8.27. The summed E-state index contributed by atoms with van der Waals surface area (Å²) in [5, 5.41) is 3.82. The van der Waals surface area contributed by atoms with E-state index in [-0.39, 0.29) is 29.9 Å². The van der Waals surface area contributed by atoms with E-state index in [0.29, 0.717) is 30.3 Å². The third-order valence-corrected chi connectivity index (χ3v) is 6.60. The second-order valence-electron chi connectivity index (χ2n) is 6.22. The number of benzene rings is 1. The van der Waals surface area contributed by atoms with Crippen molar-refractivity contribution in [2.45, 2.75) is 32.7 Å². The van der Waals surface area contributed by atoms with Gasteiger partial charge in [0.2, 0.25) is 5.91 Å². The van der Waals surface area contributed by atoms with Crippen LogP contribution in [0.15, 0.2) is 12.1 Å². The van der Waals surface area contributed by atoms with Crippen molar-refractivity contribution in [1.29, 1.82) is 0 Å². The molecule has 1 heterocycles. The lowest BCUT2D eigenvalue weighted by Gasteiger charge is -2.27. The van der Waals surface area contributed by atoms with Gasteiger partial charge >= 0.3 is 0 Å². The molecule has 1 unspecified atom stereocenters. The van der Waals surface area contributed by atoms with Crippen molar-refractivity contribution in [3.8, 4) is 5.75 Å². The van der Waals surface area contributed by atoms with E-state index in [9.17, 15) is 13.2 Å². The number of carbonyl (C=O) groups excluding carboxylic acids is 1. The minimum Gasteiger partial charge on any atom is -0.495 e. The van der Waals surface area contributed by atoms with E-state index in [2.05, 4.69) is 5.32 Å². The van der Waals surface area contributed by atoms with Gasteiger partial charge in [-0.25, -0.2) is 8.42 Å². The molecule has 0 bridgehead atoms. The number of aryl methyl sites for hydroxylation is 1. The Morgan fingerprint density at radius 3 is 2.72 bits per heavy atom. The van der Waals surface area contributed by atoms with Crippen LogP contribution in [0.5, 0.6) is 5.75 Å². The van der Waals surface area contributed by atoms with Crippen molar-refractivity contribution < 1.29 is 17.9 Å². The Bertz CT molecular complexity index is 736. The lowest BCUT2D eigenvalue weighted by Crippen LogP contribution is -2.41. The number of anilines is 1. The molecule has 1 fully saturated rings. The lowest BCUT2D eigenvalue weighted by atomic mass is 10.2. The molecule has 1 aliphatic rings. The minimum absolute atomic E-state index is 0.0400. The molecule has 1 N–H and O–H groups in total. The fourth-order valence-electron chi connectivity index (χ4n) is 3.08. The number of sulfone groups is 1. The molecular formula is C17H25ClN2O4S. The van der Waals surface area contributed by atoms with E-state index in [1.807, 2.05) is 19.9 Å².